The molecule has 1 atom stereocenters. The number of aromatic nitrogens is 3. The van der Waals surface area contributed by atoms with E-state index in [-0.39, 0.29) is 5.91 Å². The molecule has 7 nitrogen and oxygen atoms in total. The van der Waals surface area contributed by atoms with Crippen molar-refractivity contribution in [1.82, 2.24) is 20.1 Å². The largest absolute Gasteiger partial charge is 0.309 e. The highest BCUT2D eigenvalue weighted by Crippen LogP contribution is 2.21. The number of benzene rings is 2. The number of nitrogens with zero attached hydrogens (tertiary/aromatic N) is 4. The molecular formula is C26H24N6O. The van der Waals surface area contributed by atoms with Gasteiger partial charge in [-0.25, -0.2) is 4.98 Å². The Hall–Kier alpha value is -4.28. The molecule has 0 aliphatic rings. The topological polar surface area (TPSA) is 95.6 Å². The Bertz CT molecular complexity index is 1260. The lowest BCUT2D eigenvalue weighted by Gasteiger charge is -2.19. The summed E-state index contributed by atoms with van der Waals surface area (Å²) in [4.78, 5) is 17.5. The molecule has 4 aromatic rings. The molecular weight excluding hydrogens is 412 g/mol. The number of carbonyl (C=O) groups excluding carboxylic acids is 1. The molecule has 0 fully saturated rings. The molecule has 164 valence electrons. The Balaban J connectivity index is 1.46. The monoisotopic (exact) mass is 436 g/mol. The van der Waals surface area contributed by atoms with Gasteiger partial charge < -0.3 is 10.6 Å². The number of nitrogens with one attached hydrogen (secondary N) is 2. The van der Waals surface area contributed by atoms with E-state index in [1.54, 1.807) is 29.2 Å². The molecule has 0 saturated carbocycles. The molecule has 2 aromatic heterocycles. The van der Waals surface area contributed by atoms with Crippen molar-refractivity contribution in [1.29, 1.82) is 5.26 Å². The van der Waals surface area contributed by atoms with Crippen molar-refractivity contribution in [3.05, 3.63) is 102 Å². The number of aryl methyl sites for hydroxylation is 1. The van der Waals surface area contributed by atoms with Gasteiger partial charge >= 0.3 is 0 Å². The van der Waals surface area contributed by atoms with E-state index in [9.17, 15) is 4.79 Å². The van der Waals surface area contributed by atoms with Crippen molar-refractivity contribution in [2.24, 2.45) is 7.05 Å². The highest BCUT2D eigenvalue weighted by atomic mass is 16.2. The molecule has 1 amide bonds. The van der Waals surface area contributed by atoms with Gasteiger partial charge in [-0.3, -0.25) is 9.48 Å². The Kier molecular flexibility index (Phi) is 6.88. The van der Waals surface area contributed by atoms with Gasteiger partial charge in [-0.05, 0) is 47.4 Å². The maximum atomic E-state index is 13.2. The minimum absolute atomic E-state index is 0.183. The molecule has 0 spiro atoms. The van der Waals surface area contributed by atoms with Gasteiger partial charge in [0.25, 0.3) is 0 Å². The van der Waals surface area contributed by atoms with E-state index in [4.69, 9.17) is 5.26 Å². The van der Waals surface area contributed by atoms with Crippen molar-refractivity contribution in [3.63, 3.8) is 0 Å². The van der Waals surface area contributed by atoms with Gasteiger partial charge in [0, 0.05) is 31.5 Å². The summed E-state index contributed by atoms with van der Waals surface area (Å²) in [7, 11) is 1.86. The molecule has 2 aromatic carbocycles. The zero-order chi connectivity index (χ0) is 23.0. The van der Waals surface area contributed by atoms with Gasteiger partial charge in [-0.15, -0.1) is 0 Å². The fourth-order valence-corrected chi connectivity index (χ4v) is 3.56. The second kappa shape index (κ2) is 10.4. The molecule has 2 N–H and O–H groups in total. The van der Waals surface area contributed by atoms with E-state index in [1.807, 2.05) is 67.8 Å². The molecule has 4 rings (SSSR count). The molecule has 0 aliphatic carbocycles. The minimum Gasteiger partial charge on any atom is -0.309 e. The Morgan fingerprint density at radius 1 is 1.09 bits per heavy atom. The summed E-state index contributed by atoms with van der Waals surface area (Å²) in [6.45, 7) is 0.599. The van der Waals surface area contributed by atoms with Crippen LogP contribution in [0.15, 0.2) is 85.3 Å². The van der Waals surface area contributed by atoms with Crippen molar-refractivity contribution in [2.45, 2.75) is 12.5 Å². The van der Waals surface area contributed by atoms with Crippen LogP contribution >= 0.6 is 0 Å². The number of hydrogen-bond donors (Lipinski definition) is 2. The zero-order valence-corrected chi connectivity index (χ0v) is 18.3. The van der Waals surface area contributed by atoms with Crippen LogP contribution in [0.4, 0.5) is 5.82 Å². The maximum Gasteiger partial charge on any atom is 0.247 e. The summed E-state index contributed by atoms with van der Waals surface area (Å²) in [5.41, 5.74) is 4.49. The van der Waals surface area contributed by atoms with Crippen LogP contribution in [0.25, 0.3) is 11.1 Å². The fourth-order valence-electron chi connectivity index (χ4n) is 3.56. The number of nitriles is 1. The number of amides is 1. The Morgan fingerprint density at radius 2 is 1.88 bits per heavy atom. The number of carbonyl (C=O) groups is 1. The lowest BCUT2D eigenvalue weighted by atomic mass is 10.0. The molecule has 33 heavy (non-hydrogen) atoms. The van der Waals surface area contributed by atoms with E-state index in [0.717, 1.165) is 28.7 Å². The lowest BCUT2D eigenvalue weighted by molar-refractivity contribution is -0.118. The molecule has 0 aliphatic heterocycles. The zero-order valence-electron chi connectivity index (χ0n) is 18.3. The number of rotatable bonds is 8. The Morgan fingerprint density at radius 3 is 2.58 bits per heavy atom. The number of pyridine rings is 1. The quantitative estimate of drug-likeness (QED) is 0.437. The lowest BCUT2D eigenvalue weighted by Crippen LogP contribution is -2.34. The van der Waals surface area contributed by atoms with Crippen LogP contribution in [0, 0.1) is 11.3 Å². The second-order valence-electron chi connectivity index (χ2n) is 7.68. The summed E-state index contributed by atoms with van der Waals surface area (Å²) < 4.78 is 1.73. The van der Waals surface area contributed by atoms with Gasteiger partial charge in [0.15, 0.2) is 0 Å². The average Bonchev–Trinajstić information content (AvgIpc) is 3.29. The molecule has 1 unspecified atom stereocenters. The smallest absolute Gasteiger partial charge is 0.247 e. The summed E-state index contributed by atoms with van der Waals surface area (Å²) in [6.07, 6.45) is 6.10. The third-order valence-corrected chi connectivity index (χ3v) is 5.29. The van der Waals surface area contributed by atoms with Crippen molar-refractivity contribution >= 4 is 11.7 Å². The fraction of sp³-hybridized carbons (Fsp3) is 0.154. The van der Waals surface area contributed by atoms with Crippen LogP contribution in [0.2, 0.25) is 0 Å². The summed E-state index contributed by atoms with van der Waals surface area (Å²) in [6, 6.07) is 22.4. The van der Waals surface area contributed by atoms with Crippen molar-refractivity contribution in [2.75, 3.05) is 11.9 Å². The first-order valence-electron chi connectivity index (χ1n) is 10.7. The van der Waals surface area contributed by atoms with Gasteiger partial charge in [0.1, 0.15) is 11.9 Å². The van der Waals surface area contributed by atoms with Gasteiger partial charge in [0.05, 0.1) is 17.8 Å². The predicted molar refractivity (Wildman–Crippen MR) is 127 cm³/mol. The van der Waals surface area contributed by atoms with E-state index in [1.165, 1.54) is 0 Å². The van der Waals surface area contributed by atoms with E-state index < -0.39 is 6.04 Å². The van der Waals surface area contributed by atoms with E-state index in [0.29, 0.717) is 17.9 Å². The van der Waals surface area contributed by atoms with Crippen LogP contribution in [0.3, 0.4) is 0 Å². The summed E-state index contributed by atoms with van der Waals surface area (Å²) in [5.74, 6) is 0.299. The first-order chi connectivity index (χ1) is 16.1. The Labute approximate surface area is 192 Å². The van der Waals surface area contributed by atoms with Crippen LogP contribution < -0.4 is 10.6 Å². The van der Waals surface area contributed by atoms with Crippen molar-refractivity contribution in [3.8, 4) is 17.2 Å². The average molecular weight is 437 g/mol. The van der Waals surface area contributed by atoms with Crippen LogP contribution in [-0.2, 0) is 18.3 Å². The SMILES string of the molecule is Cn1cc(-c2ccnc(NC(=O)C(NCCc3ccc(C#N)cc3)c3ccccc3)c2)cn1. The molecule has 0 radical (unpaired) electrons. The van der Waals surface area contributed by atoms with Crippen molar-refractivity contribution < 1.29 is 4.79 Å². The van der Waals surface area contributed by atoms with Crippen LogP contribution in [-0.4, -0.2) is 27.2 Å². The normalized spacial score (nSPS) is 11.5. The highest BCUT2D eigenvalue weighted by molar-refractivity contribution is 5.95. The van der Waals surface area contributed by atoms with Gasteiger partial charge in [-0.2, -0.15) is 10.4 Å². The van der Waals surface area contributed by atoms with Gasteiger partial charge in [-0.1, -0.05) is 42.5 Å². The van der Waals surface area contributed by atoms with E-state index in [2.05, 4.69) is 26.8 Å². The van der Waals surface area contributed by atoms with Crippen LogP contribution in [0.5, 0.6) is 0 Å². The predicted octanol–water partition coefficient (Wildman–Crippen LogP) is 3.87. The molecule has 0 bridgehead atoms. The maximum absolute atomic E-state index is 13.2. The number of hydrogen-bond acceptors (Lipinski definition) is 5. The molecule has 2 heterocycles. The van der Waals surface area contributed by atoms with Crippen LogP contribution in [0.1, 0.15) is 22.7 Å². The molecule has 7 heteroatoms. The second-order valence-corrected chi connectivity index (χ2v) is 7.68. The standard InChI is InChI=1S/C26H24N6O/c1-32-18-23(17-30-32)22-12-14-28-24(15-22)31-26(33)25(21-5-3-2-4-6-21)29-13-11-19-7-9-20(16-27)10-8-19/h2-10,12,14-15,17-18,25,29H,11,13H2,1H3,(H,28,31,33). The van der Waals surface area contributed by atoms with E-state index >= 15 is 0 Å². The third kappa shape index (κ3) is 5.70. The molecule has 0 saturated heterocycles. The minimum atomic E-state index is -0.534. The first kappa shape index (κ1) is 21.9. The van der Waals surface area contributed by atoms with Gasteiger partial charge in [0.2, 0.25) is 5.91 Å². The summed E-state index contributed by atoms with van der Waals surface area (Å²) >= 11 is 0. The number of anilines is 1. The summed E-state index contributed by atoms with van der Waals surface area (Å²) in [5, 5.41) is 19.5. The third-order valence-electron chi connectivity index (χ3n) is 5.29. The highest BCUT2D eigenvalue weighted by Gasteiger charge is 2.20. The first-order valence-corrected chi connectivity index (χ1v) is 10.7.